The van der Waals surface area contributed by atoms with E-state index in [0.29, 0.717) is 0 Å². The second kappa shape index (κ2) is 5.37. The van der Waals surface area contributed by atoms with Crippen LogP contribution in [-0.4, -0.2) is 19.5 Å². The molecule has 0 unspecified atom stereocenters. The predicted molar refractivity (Wildman–Crippen MR) is 60.5 cm³/mol. The first kappa shape index (κ1) is 10.8. The molecule has 0 fully saturated rings. The first-order chi connectivity index (χ1) is 7.90. The molecule has 2 aromatic heterocycles. The van der Waals surface area contributed by atoms with Crippen LogP contribution in [-0.2, 0) is 19.6 Å². The molecule has 2 aromatic rings. The van der Waals surface area contributed by atoms with E-state index in [-0.39, 0.29) is 0 Å². The third-order valence-corrected chi connectivity index (χ3v) is 2.37. The SMILES string of the molecule is CCn1ccnc1CNCc1ccncn1. The van der Waals surface area contributed by atoms with Crippen LogP contribution in [0, 0.1) is 0 Å². The number of aromatic nitrogens is 4. The number of aryl methyl sites for hydroxylation is 1. The maximum absolute atomic E-state index is 4.29. The van der Waals surface area contributed by atoms with Crippen LogP contribution < -0.4 is 5.32 Å². The van der Waals surface area contributed by atoms with Crippen molar-refractivity contribution in [2.24, 2.45) is 0 Å². The van der Waals surface area contributed by atoms with Crippen molar-refractivity contribution >= 4 is 0 Å². The van der Waals surface area contributed by atoms with E-state index in [1.54, 1.807) is 12.5 Å². The summed E-state index contributed by atoms with van der Waals surface area (Å²) in [7, 11) is 0. The van der Waals surface area contributed by atoms with Gasteiger partial charge in [0.1, 0.15) is 12.2 Å². The number of hydrogen-bond donors (Lipinski definition) is 1. The van der Waals surface area contributed by atoms with Crippen molar-refractivity contribution in [2.75, 3.05) is 0 Å². The van der Waals surface area contributed by atoms with Crippen molar-refractivity contribution in [1.29, 1.82) is 0 Å². The van der Waals surface area contributed by atoms with Crippen LogP contribution in [0.2, 0.25) is 0 Å². The zero-order chi connectivity index (χ0) is 11.2. The standard InChI is InChI=1S/C11H15N5/c1-2-16-6-5-14-11(16)8-13-7-10-3-4-12-9-15-10/h3-6,9,13H,2,7-8H2,1H3. The van der Waals surface area contributed by atoms with Gasteiger partial charge < -0.3 is 9.88 Å². The number of hydrogen-bond acceptors (Lipinski definition) is 4. The molecule has 0 aromatic carbocycles. The molecule has 0 saturated carbocycles. The molecule has 2 rings (SSSR count). The molecule has 0 spiro atoms. The molecule has 0 radical (unpaired) electrons. The van der Waals surface area contributed by atoms with Gasteiger partial charge in [-0.2, -0.15) is 0 Å². The Hall–Kier alpha value is -1.75. The van der Waals surface area contributed by atoms with E-state index < -0.39 is 0 Å². The molecule has 0 aliphatic heterocycles. The summed E-state index contributed by atoms with van der Waals surface area (Å²) in [5.74, 6) is 1.05. The fourth-order valence-corrected chi connectivity index (χ4v) is 1.52. The number of rotatable bonds is 5. The van der Waals surface area contributed by atoms with E-state index in [1.165, 1.54) is 0 Å². The van der Waals surface area contributed by atoms with Crippen molar-refractivity contribution in [3.63, 3.8) is 0 Å². The number of nitrogens with zero attached hydrogens (tertiary/aromatic N) is 4. The summed E-state index contributed by atoms with van der Waals surface area (Å²) in [6.45, 7) is 4.55. The Labute approximate surface area is 94.6 Å². The molecule has 16 heavy (non-hydrogen) atoms. The van der Waals surface area contributed by atoms with E-state index in [2.05, 4.69) is 31.8 Å². The van der Waals surface area contributed by atoms with Gasteiger partial charge in [0.2, 0.25) is 0 Å². The van der Waals surface area contributed by atoms with Crippen LogP contribution in [0.25, 0.3) is 0 Å². The van der Waals surface area contributed by atoms with E-state index in [4.69, 9.17) is 0 Å². The fourth-order valence-electron chi connectivity index (χ4n) is 1.52. The van der Waals surface area contributed by atoms with Crippen molar-refractivity contribution in [2.45, 2.75) is 26.6 Å². The Balaban J connectivity index is 1.85. The van der Waals surface area contributed by atoms with Crippen molar-refractivity contribution in [3.8, 4) is 0 Å². The molecular formula is C11H15N5. The molecule has 1 N–H and O–H groups in total. The number of imidazole rings is 1. The van der Waals surface area contributed by atoms with Gasteiger partial charge >= 0.3 is 0 Å². The first-order valence-corrected chi connectivity index (χ1v) is 5.35. The molecule has 0 aliphatic carbocycles. The highest BCUT2D eigenvalue weighted by molar-refractivity contribution is 4.98. The number of nitrogens with one attached hydrogen (secondary N) is 1. The molecule has 0 aliphatic rings. The smallest absolute Gasteiger partial charge is 0.122 e. The van der Waals surface area contributed by atoms with Crippen molar-refractivity contribution in [1.82, 2.24) is 24.8 Å². The highest BCUT2D eigenvalue weighted by Crippen LogP contribution is 1.97. The van der Waals surface area contributed by atoms with Crippen LogP contribution in [0.15, 0.2) is 31.0 Å². The minimum Gasteiger partial charge on any atom is -0.334 e. The highest BCUT2D eigenvalue weighted by atomic mass is 15.1. The lowest BCUT2D eigenvalue weighted by Gasteiger charge is -2.05. The van der Waals surface area contributed by atoms with Crippen LogP contribution in [0.5, 0.6) is 0 Å². The second-order valence-electron chi connectivity index (χ2n) is 3.43. The van der Waals surface area contributed by atoms with Gasteiger partial charge in [0, 0.05) is 31.7 Å². The summed E-state index contributed by atoms with van der Waals surface area (Å²) in [5, 5.41) is 3.31. The molecule has 0 saturated heterocycles. The van der Waals surface area contributed by atoms with Crippen LogP contribution in [0.3, 0.4) is 0 Å². The molecule has 5 heteroatoms. The lowest BCUT2D eigenvalue weighted by atomic mass is 10.4. The molecule has 84 valence electrons. The minimum atomic E-state index is 0.735. The second-order valence-corrected chi connectivity index (χ2v) is 3.43. The maximum Gasteiger partial charge on any atom is 0.122 e. The Morgan fingerprint density at radius 2 is 2.19 bits per heavy atom. The quantitative estimate of drug-likeness (QED) is 0.811. The van der Waals surface area contributed by atoms with Crippen LogP contribution >= 0.6 is 0 Å². The van der Waals surface area contributed by atoms with E-state index in [0.717, 1.165) is 31.2 Å². The Morgan fingerprint density at radius 3 is 2.94 bits per heavy atom. The molecular weight excluding hydrogens is 202 g/mol. The third kappa shape index (κ3) is 2.64. The first-order valence-electron chi connectivity index (χ1n) is 5.35. The molecule has 0 bridgehead atoms. The van der Waals surface area contributed by atoms with E-state index in [1.807, 2.05) is 18.5 Å². The normalized spacial score (nSPS) is 10.6. The summed E-state index contributed by atoms with van der Waals surface area (Å²) >= 11 is 0. The summed E-state index contributed by atoms with van der Waals surface area (Å²) in [4.78, 5) is 12.3. The van der Waals surface area contributed by atoms with Crippen molar-refractivity contribution < 1.29 is 0 Å². The van der Waals surface area contributed by atoms with E-state index in [9.17, 15) is 0 Å². The summed E-state index contributed by atoms with van der Waals surface area (Å²) in [6, 6.07) is 1.90. The van der Waals surface area contributed by atoms with Gasteiger partial charge in [-0.15, -0.1) is 0 Å². The molecule has 0 atom stereocenters. The molecule has 2 heterocycles. The zero-order valence-electron chi connectivity index (χ0n) is 9.30. The zero-order valence-corrected chi connectivity index (χ0v) is 9.30. The maximum atomic E-state index is 4.29. The third-order valence-electron chi connectivity index (χ3n) is 2.37. The summed E-state index contributed by atoms with van der Waals surface area (Å²) < 4.78 is 2.12. The van der Waals surface area contributed by atoms with Crippen LogP contribution in [0.4, 0.5) is 0 Å². The Morgan fingerprint density at radius 1 is 1.25 bits per heavy atom. The summed E-state index contributed by atoms with van der Waals surface area (Å²) in [5.41, 5.74) is 0.990. The average Bonchev–Trinajstić information content (AvgIpc) is 2.78. The van der Waals surface area contributed by atoms with Gasteiger partial charge in [0.15, 0.2) is 0 Å². The van der Waals surface area contributed by atoms with Gasteiger partial charge in [-0.05, 0) is 13.0 Å². The molecule has 0 amide bonds. The van der Waals surface area contributed by atoms with Crippen molar-refractivity contribution in [3.05, 3.63) is 42.5 Å². The monoisotopic (exact) mass is 217 g/mol. The van der Waals surface area contributed by atoms with Gasteiger partial charge in [-0.1, -0.05) is 0 Å². The lowest BCUT2D eigenvalue weighted by molar-refractivity contribution is 0.606. The largest absolute Gasteiger partial charge is 0.334 e. The van der Waals surface area contributed by atoms with Gasteiger partial charge in [-0.3, -0.25) is 0 Å². The Kier molecular flexibility index (Phi) is 3.61. The Bertz CT molecular complexity index is 423. The van der Waals surface area contributed by atoms with E-state index >= 15 is 0 Å². The topological polar surface area (TPSA) is 55.6 Å². The van der Waals surface area contributed by atoms with Gasteiger partial charge in [0.25, 0.3) is 0 Å². The lowest BCUT2D eigenvalue weighted by Crippen LogP contribution is -2.17. The van der Waals surface area contributed by atoms with Crippen LogP contribution in [0.1, 0.15) is 18.4 Å². The molecule has 5 nitrogen and oxygen atoms in total. The fraction of sp³-hybridized carbons (Fsp3) is 0.364. The minimum absolute atomic E-state index is 0.735. The summed E-state index contributed by atoms with van der Waals surface area (Å²) in [6.07, 6.45) is 7.12. The van der Waals surface area contributed by atoms with Gasteiger partial charge in [-0.25, -0.2) is 15.0 Å². The average molecular weight is 217 g/mol. The predicted octanol–water partition coefficient (Wildman–Crippen LogP) is 0.983. The highest BCUT2D eigenvalue weighted by Gasteiger charge is 2.00. The van der Waals surface area contributed by atoms with Gasteiger partial charge in [0.05, 0.1) is 12.2 Å².